The lowest BCUT2D eigenvalue weighted by Crippen LogP contribution is -2.27. The van der Waals surface area contributed by atoms with E-state index in [-0.39, 0.29) is 11.9 Å². The Morgan fingerprint density at radius 3 is 2.38 bits per heavy atom. The highest BCUT2D eigenvalue weighted by Crippen LogP contribution is 2.11. The van der Waals surface area contributed by atoms with E-state index in [1.54, 1.807) is 6.92 Å². The van der Waals surface area contributed by atoms with Gasteiger partial charge in [-0.15, -0.1) is 0 Å². The Kier molecular flexibility index (Phi) is 5.90. The molecule has 92 valence electrons. The van der Waals surface area contributed by atoms with Crippen LogP contribution in [0.25, 0.3) is 0 Å². The Hall–Kier alpha value is -1.06. The maximum Gasteiger partial charge on any atom is 0.305 e. The van der Waals surface area contributed by atoms with E-state index in [4.69, 9.17) is 4.74 Å². The minimum atomic E-state index is -0.156. The summed E-state index contributed by atoms with van der Waals surface area (Å²) in [6.07, 6.45) is 4.80. The molecule has 0 saturated carbocycles. The Morgan fingerprint density at radius 1 is 1.12 bits per heavy atom. The lowest BCUT2D eigenvalue weighted by molar-refractivity contribution is -0.143. The number of carbonyl (C=O) groups excluding carboxylic acids is 2. The normalized spacial score (nSPS) is 15.2. The second-order valence-corrected chi connectivity index (χ2v) is 4.10. The van der Waals surface area contributed by atoms with Crippen LogP contribution in [0.15, 0.2) is 0 Å². The summed E-state index contributed by atoms with van der Waals surface area (Å²) in [5, 5.41) is 0. The van der Waals surface area contributed by atoms with Crippen LogP contribution in [-0.2, 0) is 14.3 Å². The van der Waals surface area contributed by atoms with Crippen LogP contribution in [0.2, 0.25) is 0 Å². The summed E-state index contributed by atoms with van der Waals surface area (Å²) in [5.41, 5.74) is 0. The first-order chi connectivity index (χ1) is 7.74. The second-order valence-electron chi connectivity index (χ2n) is 4.10. The summed E-state index contributed by atoms with van der Waals surface area (Å²) < 4.78 is 4.81. The van der Waals surface area contributed by atoms with E-state index in [0.29, 0.717) is 19.4 Å². The number of amides is 1. The van der Waals surface area contributed by atoms with Crippen molar-refractivity contribution in [3.8, 4) is 0 Å². The molecule has 0 aliphatic carbocycles. The standard InChI is InChI=1S/C12H21NO3/c1-2-16-12(15)8-4-3-7-11(14)13-9-5-6-10-13/h2-10H2,1H3. The van der Waals surface area contributed by atoms with Crippen molar-refractivity contribution < 1.29 is 14.3 Å². The SMILES string of the molecule is CCOC(=O)CCCCC(=O)N1CCCC1. The fourth-order valence-corrected chi connectivity index (χ4v) is 1.90. The van der Waals surface area contributed by atoms with Gasteiger partial charge in [0, 0.05) is 25.9 Å². The minimum Gasteiger partial charge on any atom is -0.466 e. The van der Waals surface area contributed by atoms with Gasteiger partial charge in [-0.1, -0.05) is 0 Å². The number of likely N-dealkylation sites (tertiary alicyclic amines) is 1. The third-order valence-electron chi connectivity index (χ3n) is 2.79. The maximum absolute atomic E-state index is 11.6. The van der Waals surface area contributed by atoms with Crippen molar-refractivity contribution in [1.82, 2.24) is 4.90 Å². The van der Waals surface area contributed by atoms with Crippen LogP contribution in [0.5, 0.6) is 0 Å². The van der Waals surface area contributed by atoms with Crippen LogP contribution in [-0.4, -0.2) is 36.5 Å². The van der Waals surface area contributed by atoms with Gasteiger partial charge in [-0.2, -0.15) is 0 Å². The van der Waals surface area contributed by atoms with E-state index in [1.165, 1.54) is 0 Å². The van der Waals surface area contributed by atoms with Crippen LogP contribution in [0.4, 0.5) is 0 Å². The Balaban J connectivity index is 2.02. The Morgan fingerprint density at radius 2 is 1.75 bits per heavy atom. The summed E-state index contributed by atoms with van der Waals surface area (Å²) in [4.78, 5) is 24.6. The molecule has 0 aromatic carbocycles. The van der Waals surface area contributed by atoms with Crippen molar-refractivity contribution in [2.24, 2.45) is 0 Å². The first-order valence-corrected chi connectivity index (χ1v) is 6.17. The highest BCUT2D eigenvalue weighted by atomic mass is 16.5. The van der Waals surface area contributed by atoms with Gasteiger partial charge in [-0.25, -0.2) is 0 Å². The van der Waals surface area contributed by atoms with Gasteiger partial charge < -0.3 is 9.64 Å². The highest BCUT2D eigenvalue weighted by Gasteiger charge is 2.17. The molecule has 4 heteroatoms. The minimum absolute atomic E-state index is 0.156. The molecule has 0 atom stereocenters. The quantitative estimate of drug-likeness (QED) is 0.513. The van der Waals surface area contributed by atoms with Crippen molar-refractivity contribution in [2.75, 3.05) is 19.7 Å². The number of esters is 1. The number of unbranched alkanes of at least 4 members (excludes halogenated alkanes) is 1. The van der Waals surface area contributed by atoms with Crippen LogP contribution >= 0.6 is 0 Å². The molecule has 1 heterocycles. The highest BCUT2D eigenvalue weighted by molar-refractivity contribution is 5.76. The average molecular weight is 227 g/mol. The first kappa shape index (κ1) is 13.0. The van der Waals surface area contributed by atoms with Gasteiger partial charge in [0.2, 0.25) is 5.91 Å². The number of nitrogens with zero attached hydrogens (tertiary/aromatic N) is 1. The zero-order valence-electron chi connectivity index (χ0n) is 10.0. The monoisotopic (exact) mass is 227 g/mol. The lowest BCUT2D eigenvalue weighted by Gasteiger charge is -2.14. The molecule has 4 nitrogen and oxygen atoms in total. The second kappa shape index (κ2) is 7.25. The molecular weight excluding hydrogens is 206 g/mol. The van der Waals surface area contributed by atoms with E-state index in [2.05, 4.69) is 0 Å². The third kappa shape index (κ3) is 4.64. The number of rotatable bonds is 6. The fourth-order valence-electron chi connectivity index (χ4n) is 1.90. The van der Waals surface area contributed by atoms with E-state index in [0.717, 1.165) is 38.8 Å². The molecule has 0 radical (unpaired) electrons. The molecule has 1 aliphatic heterocycles. The molecule has 0 aromatic heterocycles. The molecule has 0 aromatic rings. The van der Waals surface area contributed by atoms with Gasteiger partial charge in [0.05, 0.1) is 6.61 Å². The fraction of sp³-hybridized carbons (Fsp3) is 0.833. The third-order valence-corrected chi connectivity index (χ3v) is 2.79. The molecule has 1 amide bonds. The van der Waals surface area contributed by atoms with E-state index in [1.807, 2.05) is 4.90 Å². The van der Waals surface area contributed by atoms with Gasteiger partial charge in [0.15, 0.2) is 0 Å². The summed E-state index contributed by atoms with van der Waals surface area (Å²) in [6.45, 7) is 4.06. The predicted octanol–water partition coefficient (Wildman–Crippen LogP) is 1.73. The molecule has 0 N–H and O–H groups in total. The zero-order valence-corrected chi connectivity index (χ0v) is 10.0. The van der Waals surface area contributed by atoms with Crippen molar-refractivity contribution in [2.45, 2.75) is 45.4 Å². The molecule has 0 unspecified atom stereocenters. The van der Waals surface area contributed by atoms with E-state index < -0.39 is 0 Å². The molecule has 0 bridgehead atoms. The first-order valence-electron chi connectivity index (χ1n) is 6.17. The van der Waals surface area contributed by atoms with Crippen molar-refractivity contribution in [1.29, 1.82) is 0 Å². The van der Waals surface area contributed by atoms with Crippen LogP contribution in [0.3, 0.4) is 0 Å². The van der Waals surface area contributed by atoms with Gasteiger partial charge in [0.1, 0.15) is 0 Å². The zero-order chi connectivity index (χ0) is 11.8. The van der Waals surface area contributed by atoms with Crippen LogP contribution < -0.4 is 0 Å². The van der Waals surface area contributed by atoms with E-state index in [9.17, 15) is 9.59 Å². The largest absolute Gasteiger partial charge is 0.466 e. The van der Waals surface area contributed by atoms with Crippen molar-refractivity contribution >= 4 is 11.9 Å². The van der Waals surface area contributed by atoms with Crippen molar-refractivity contribution in [3.05, 3.63) is 0 Å². The average Bonchev–Trinajstić information content (AvgIpc) is 2.78. The number of hydrogen-bond acceptors (Lipinski definition) is 3. The van der Waals surface area contributed by atoms with Crippen LogP contribution in [0, 0.1) is 0 Å². The van der Waals surface area contributed by atoms with Gasteiger partial charge in [-0.05, 0) is 32.6 Å². The topological polar surface area (TPSA) is 46.6 Å². The number of carbonyl (C=O) groups is 2. The molecule has 16 heavy (non-hydrogen) atoms. The van der Waals surface area contributed by atoms with Gasteiger partial charge >= 0.3 is 5.97 Å². The summed E-state index contributed by atoms with van der Waals surface area (Å²) in [5.74, 6) is 0.0810. The summed E-state index contributed by atoms with van der Waals surface area (Å²) in [7, 11) is 0. The molecule has 1 rings (SSSR count). The number of ether oxygens (including phenoxy) is 1. The lowest BCUT2D eigenvalue weighted by atomic mass is 10.2. The van der Waals surface area contributed by atoms with Gasteiger partial charge in [0.25, 0.3) is 0 Å². The maximum atomic E-state index is 11.6. The number of hydrogen-bond donors (Lipinski definition) is 0. The van der Waals surface area contributed by atoms with Crippen molar-refractivity contribution in [3.63, 3.8) is 0 Å². The molecule has 0 spiro atoms. The summed E-state index contributed by atoms with van der Waals surface area (Å²) in [6, 6.07) is 0. The predicted molar refractivity (Wildman–Crippen MR) is 60.9 cm³/mol. The Labute approximate surface area is 96.9 Å². The van der Waals surface area contributed by atoms with Gasteiger partial charge in [-0.3, -0.25) is 9.59 Å². The smallest absolute Gasteiger partial charge is 0.305 e. The molecule has 1 saturated heterocycles. The van der Waals surface area contributed by atoms with E-state index >= 15 is 0 Å². The van der Waals surface area contributed by atoms with Crippen LogP contribution in [0.1, 0.15) is 45.4 Å². The molecular formula is C12H21NO3. The Bertz CT molecular complexity index is 234. The molecule has 1 fully saturated rings. The molecule has 1 aliphatic rings. The summed E-state index contributed by atoms with van der Waals surface area (Å²) >= 11 is 0.